The van der Waals surface area contributed by atoms with Crippen molar-refractivity contribution < 1.29 is 4.79 Å². The van der Waals surface area contributed by atoms with Crippen molar-refractivity contribution in [1.29, 1.82) is 0 Å². The minimum Gasteiger partial charge on any atom is -0.369 e. The zero-order valence-corrected chi connectivity index (χ0v) is 15.0. The number of rotatable bonds is 7. The lowest BCUT2D eigenvalue weighted by Gasteiger charge is -2.19. The molecular weight excluding hydrogens is 288 g/mol. The third-order valence-electron chi connectivity index (χ3n) is 3.63. The van der Waals surface area contributed by atoms with E-state index in [-0.39, 0.29) is 5.91 Å². The summed E-state index contributed by atoms with van der Waals surface area (Å²) in [5, 5.41) is 6.50. The summed E-state index contributed by atoms with van der Waals surface area (Å²) in [5.41, 5.74) is 8.61. The Morgan fingerprint density at radius 2 is 1.78 bits per heavy atom. The number of primary amides is 1. The number of aryl methyl sites for hydroxylation is 2. The van der Waals surface area contributed by atoms with Crippen LogP contribution in [-0.2, 0) is 11.2 Å². The lowest BCUT2D eigenvalue weighted by Crippen LogP contribution is -2.40. The van der Waals surface area contributed by atoms with Crippen LogP contribution < -0.4 is 16.4 Å². The highest BCUT2D eigenvalue weighted by atomic mass is 16.1. The number of aliphatic imine (C=N–C) groups is 1. The SMILES string of the molecule is CCNC(=NCC(C)(C)C(N)=O)NCCc1cc(C)cc(C)c1. The van der Waals surface area contributed by atoms with Crippen LogP contribution in [0, 0.1) is 19.3 Å². The highest BCUT2D eigenvalue weighted by Gasteiger charge is 2.24. The van der Waals surface area contributed by atoms with Gasteiger partial charge in [-0.3, -0.25) is 9.79 Å². The molecule has 5 nitrogen and oxygen atoms in total. The van der Waals surface area contributed by atoms with Gasteiger partial charge in [0.1, 0.15) is 0 Å². The first-order chi connectivity index (χ1) is 10.7. The van der Waals surface area contributed by atoms with Crippen molar-refractivity contribution in [3.8, 4) is 0 Å². The highest BCUT2D eigenvalue weighted by Crippen LogP contribution is 2.14. The van der Waals surface area contributed by atoms with Crippen LogP contribution in [0.3, 0.4) is 0 Å². The molecule has 0 bridgehead atoms. The molecule has 0 aliphatic heterocycles. The minimum atomic E-state index is -0.643. The number of benzene rings is 1. The Kier molecular flexibility index (Phi) is 7.07. The molecule has 1 aromatic carbocycles. The lowest BCUT2D eigenvalue weighted by molar-refractivity contribution is -0.125. The Balaban J connectivity index is 2.60. The minimum absolute atomic E-state index is 0.340. The number of nitrogens with two attached hydrogens (primary N) is 1. The zero-order valence-electron chi connectivity index (χ0n) is 15.0. The number of guanidine groups is 1. The van der Waals surface area contributed by atoms with Gasteiger partial charge in [0.25, 0.3) is 0 Å². The van der Waals surface area contributed by atoms with E-state index >= 15 is 0 Å². The molecule has 0 atom stereocenters. The van der Waals surface area contributed by atoms with Gasteiger partial charge in [-0.15, -0.1) is 0 Å². The lowest BCUT2D eigenvalue weighted by atomic mass is 9.93. The Labute approximate surface area is 139 Å². The van der Waals surface area contributed by atoms with Gasteiger partial charge in [0.2, 0.25) is 5.91 Å². The van der Waals surface area contributed by atoms with Gasteiger partial charge in [0.05, 0.1) is 12.0 Å². The van der Waals surface area contributed by atoms with Crippen molar-refractivity contribution in [2.24, 2.45) is 16.1 Å². The van der Waals surface area contributed by atoms with Crippen LogP contribution in [-0.4, -0.2) is 31.5 Å². The van der Waals surface area contributed by atoms with Gasteiger partial charge in [0, 0.05) is 13.1 Å². The van der Waals surface area contributed by atoms with Gasteiger partial charge >= 0.3 is 0 Å². The van der Waals surface area contributed by atoms with Crippen molar-refractivity contribution in [1.82, 2.24) is 10.6 Å². The third kappa shape index (κ3) is 6.72. The summed E-state index contributed by atoms with van der Waals surface area (Å²) in [6, 6.07) is 6.58. The molecule has 0 aliphatic carbocycles. The van der Waals surface area contributed by atoms with Crippen LogP contribution in [0.25, 0.3) is 0 Å². The zero-order chi connectivity index (χ0) is 17.5. The molecule has 128 valence electrons. The van der Waals surface area contributed by atoms with Gasteiger partial charge in [-0.25, -0.2) is 0 Å². The van der Waals surface area contributed by atoms with Crippen molar-refractivity contribution in [2.45, 2.75) is 41.0 Å². The second kappa shape index (κ2) is 8.56. The maximum atomic E-state index is 11.4. The highest BCUT2D eigenvalue weighted by molar-refractivity contribution is 5.82. The summed E-state index contributed by atoms with van der Waals surface area (Å²) in [4.78, 5) is 15.8. The molecule has 1 rings (SSSR count). The summed E-state index contributed by atoms with van der Waals surface area (Å²) in [7, 11) is 0. The molecule has 0 radical (unpaired) electrons. The summed E-state index contributed by atoms with van der Waals surface area (Å²) in [6.45, 7) is 11.8. The van der Waals surface area contributed by atoms with Crippen molar-refractivity contribution >= 4 is 11.9 Å². The molecule has 0 unspecified atom stereocenters. The molecule has 0 heterocycles. The number of carbonyl (C=O) groups is 1. The van der Waals surface area contributed by atoms with Crippen molar-refractivity contribution in [2.75, 3.05) is 19.6 Å². The van der Waals surface area contributed by atoms with Crippen LogP contribution in [0.5, 0.6) is 0 Å². The first-order valence-corrected chi connectivity index (χ1v) is 8.14. The summed E-state index contributed by atoms with van der Waals surface area (Å²) in [6.07, 6.45) is 0.923. The number of nitrogens with zero attached hydrogens (tertiary/aromatic N) is 1. The van der Waals surface area contributed by atoms with E-state index in [1.165, 1.54) is 16.7 Å². The van der Waals surface area contributed by atoms with Crippen LogP contribution in [0.4, 0.5) is 0 Å². The van der Waals surface area contributed by atoms with Crippen LogP contribution in [0.2, 0.25) is 0 Å². The second-order valence-electron chi connectivity index (χ2n) is 6.62. The smallest absolute Gasteiger partial charge is 0.224 e. The Bertz CT molecular complexity index is 544. The van der Waals surface area contributed by atoms with E-state index in [1.807, 2.05) is 6.92 Å². The summed E-state index contributed by atoms with van der Waals surface area (Å²) >= 11 is 0. The van der Waals surface area contributed by atoms with Gasteiger partial charge in [-0.2, -0.15) is 0 Å². The molecule has 1 amide bonds. The van der Waals surface area contributed by atoms with Crippen LogP contribution in [0.1, 0.15) is 37.5 Å². The van der Waals surface area contributed by atoms with E-state index < -0.39 is 5.41 Å². The average Bonchev–Trinajstić information content (AvgIpc) is 2.43. The Hall–Kier alpha value is -2.04. The van der Waals surface area contributed by atoms with Gasteiger partial charge in [0.15, 0.2) is 5.96 Å². The topological polar surface area (TPSA) is 79.5 Å². The molecular formula is C18H30N4O. The predicted molar refractivity (Wildman–Crippen MR) is 96.6 cm³/mol. The van der Waals surface area contributed by atoms with Gasteiger partial charge < -0.3 is 16.4 Å². The molecule has 0 aliphatic rings. The first-order valence-electron chi connectivity index (χ1n) is 8.14. The standard InChI is InChI=1S/C18H30N4O/c1-6-20-17(22-12-18(4,5)16(19)23)21-8-7-15-10-13(2)9-14(3)11-15/h9-11H,6-8,12H2,1-5H3,(H2,19,23)(H2,20,21,22). The number of hydrogen-bond donors (Lipinski definition) is 3. The quantitative estimate of drug-likeness (QED) is 0.531. The molecule has 0 saturated carbocycles. The van der Waals surface area contributed by atoms with E-state index in [0.29, 0.717) is 12.5 Å². The predicted octanol–water partition coefficient (Wildman–Crippen LogP) is 1.91. The first kappa shape index (κ1) is 19.0. The molecule has 0 aromatic heterocycles. The van der Waals surface area contributed by atoms with Crippen LogP contribution in [0.15, 0.2) is 23.2 Å². The summed E-state index contributed by atoms with van der Waals surface area (Å²) in [5.74, 6) is 0.374. The van der Waals surface area contributed by atoms with Crippen molar-refractivity contribution in [3.63, 3.8) is 0 Å². The fourth-order valence-corrected chi connectivity index (χ4v) is 2.23. The molecule has 0 saturated heterocycles. The molecule has 0 fully saturated rings. The third-order valence-corrected chi connectivity index (χ3v) is 3.63. The largest absolute Gasteiger partial charge is 0.369 e. The van der Waals surface area contributed by atoms with E-state index in [1.54, 1.807) is 13.8 Å². The van der Waals surface area contributed by atoms with E-state index in [2.05, 4.69) is 47.7 Å². The maximum Gasteiger partial charge on any atom is 0.224 e. The monoisotopic (exact) mass is 318 g/mol. The fraction of sp³-hybridized carbons (Fsp3) is 0.556. The maximum absolute atomic E-state index is 11.4. The molecule has 4 N–H and O–H groups in total. The van der Waals surface area contributed by atoms with Gasteiger partial charge in [-0.05, 0) is 46.6 Å². The number of carbonyl (C=O) groups excluding carboxylic acids is 1. The summed E-state index contributed by atoms with van der Waals surface area (Å²) < 4.78 is 0. The molecule has 23 heavy (non-hydrogen) atoms. The Morgan fingerprint density at radius 1 is 1.17 bits per heavy atom. The fourth-order valence-electron chi connectivity index (χ4n) is 2.23. The Morgan fingerprint density at radius 3 is 2.30 bits per heavy atom. The normalized spacial score (nSPS) is 12.1. The number of amides is 1. The van der Waals surface area contributed by atoms with E-state index in [4.69, 9.17) is 5.73 Å². The average molecular weight is 318 g/mol. The molecule has 5 heteroatoms. The molecule has 0 spiro atoms. The molecule has 1 aromatic rings. The second-order valence-corrected chi connectivity index (χ2v) is 6.62. The van der Waals surface area contributed by atoms with Crippen LogP contribution >= 0.6 is 0 Å². The van der Waals surface area contributed by atoms with E-state index in [9.17, 15) is 4.79 Å². The number of hydrogen-bond acceptors (Lipinski definition) is 2. The van der Waals surface area contributed by atoms with E-state index in [0.717, 1.165) is 19.5 Å². The van der Waals surface area contributed by atoms with Gasteiger partial charge in [-0.1, -0.05) is 29.3 Å². The number of nitrogens with one attached hydrogen (secondary N) is 2. The van der Waals surface area contributed by atoms with Crippen molar-refractivity contribution in [3.05, 3.63) is 34.9 Å².